The third-order valence-electron chi connectivity index (χ3n) is 11.7. The standard InChI is InChI=1S/C41H40N4O3S/c1-48-29-17-15-28(16-18-29)45-38(47)34-36(31-14-6-4-12-27(31)24-41(34)19-7-2-8-20-41)44-39(45)49-25-32-42-35-30-13-5-3-11-26(30)23-40(21-9-10-22-40)33(35)37(46)43-32/h3-6,11-18H,2,7-10,19-25H2,1H3,(H,42,43,46). The molecule has 2 aromatic heterocycles. The van der Waals surface area contributed by atoms with Gasteiger partial charge < -0.3 is 9.72 Å². The van der Waals surface area contributed by atoms with Crippen LogP contribution in [-0.4, -0.2) is 26.6 Å². The summed E-state index contributed by atoms with van der Waals surface area (Å²) in [5, 5.41) is 0.588. The van der Waals surface area contributed by atoms with Gasteiger partial charge in [-0.15, -0.1) is 0 Å². The van der Waals surface area contributed by atoms with Gasteiger partial charge in [0.2, 0.25) is 0 Å². The van der Waals surface area contributed by atoms with Crippen molar-refractivity contribution in [3.8, 4) is 34.0 Å². The summed E-state index contributed by atoms with van der Waals surface area (Å²) in [6.07, 6.45) is 11.5. The summed E-state index contributed by atoms with van der Waals surface area (Å²) in [5.74, 6) is 1.69. The molecule has 0 amide bonds. The number of fused-ring (bicyclic) bond motifs is 8. The second-order valence-electron chi connectivity index (χ2n) is 14.5. The minimum Gasteiger partial charge on any atom is -0.497 e. The van der Waals surface area contributed by atoms with Crippen LogP contribution in [0.2, 0.25) is 0 Å². The van der Waals surface area contributed by atoms with E-state index in [1.54, 1.807) is 11.7 Å². The average Bonchev–Trinajstić information content (AvgIpc) is 3.59. The molecule has 0 unspecified atom stereocenters. The van der Waals surface area contributed by atoms with Gasteiger partial charge in [0.15, 0.2) is 5.16 Å². The van der Waals surface area contributed by atoms with Gasteiger partial charge in [-0.2, -0.15) is 0 Å². The van der Waals surface area contributed by atoms with Gasteiger partial charge in [-0.25, -0.2) is 9.97 Å². The Labute approximate surface area is 290 Å². The molecule has 49 heavy (non-hydrogen) atoms. The molecule has 0 bridgehead atoms. The Bertz CT molecular complexity index is 2210. The molecular formula is C41H40N4O3S. The zero-order valence-corrected chi connectivity index (χ0v) is 28.7. The zero-order valence-electron chi connectivity index (χ0n) is 27.9. The predicted molar refractivity (Wildman–Crippen MR) is 194 cm³/mol. The largest absolute Gasteiger partial charge is 0.497 e. The van der Waals surface area contributed by atoms with Crippen LogP contribution in [0.15, 0.2) is 87.5 Å². The maximum atomic E-state index is 15.0. The van der Waals surface area contributed by atoms with Gasteiger partial charge in [0.25, 0.3) is 11.1 Å². The van der Waals surface area contributed by atoms with Gasteiger partial charge in [0.1, 0.15) is 11.6 Å². The fraction of sp³-hybridized carbons (Fsp3) is 0.366. The summed E-state index contributed by atoms with van der Waals surface area (Å²) >= 11 is 1.45. The Hall–Kier alpha value is -4.43. The summed E-state index contributed by atoms with van der Waals surface area (Å²) in [6.45, 7) is 0. The topological polar surface area (TPSA) is 89.9 Å². The lowest BCUT2D eigenvalue weighted by Crippen LogP contribution is -2.42. The number of ether oxygens (including phenoxy) is 1. The molecule has 2 saturated carbocycles. The predicted octanol–water partition coefficient (Wildman–Crippen LogP) is 8.08. The molecule has 4 aliphatic carbocycles. The van der Waals surface area contributed by atoms with Crippen LogP contribution in [0.25, 0.3) is 28.2 Å². The van der Waals surface area contributed by atoms with Gasteiger partial charge in [-0.05, 0) is 73.9 Å². The number of nitrogens with zero attached hydrogens (tertiary/aromatic N) is 3. The lowest BCUT2D eigenvalue weighted by molar-refractivity contribution is 0.283. The van der Waals surface area contributed by atoms with Gasteiger partial charge in [0, 0.05) is 22.0 Å². The number of hydrogen-bond acceptors (Lipinski definition) is 6. The fourth-order valence-corrected chi connectivity index (χ4v) is 10.4. The number of rotatable bonds is 5. The minimum absolute atomic E-state index is 0.00179. The first-order chi connectivity index (χ1) is 24.0. The Morgan fingerprint density at radius 1 is 0.735 bits per heavy atom. The van der Waals surface area contributed by atoms with Crippen LogP contribution < -0.4 is 15.9 Å². The Morgan fingerprint density at radius 3 is 1.94 bits per heavy atom. The summed E-state index contributed by atoms with van der Waals surface area (Å²) in [7, 11) is 1.65. The van der Waals surface area contributed by atoms with E-state index < -0.39 is 0 Å². The van der Waals surface area contributed by atoms with Crippen molar-refractivity contribution in [3.05, 3.63) is 122 Å². The summed E-state index contributed by atoms with van der Waals surface area (Å²) in [5.41, 5.74) is 8.33. The number of hydrogen-bond donors (Lipinski definition) is 1. The molecular weight excluding hydrogens is 629 g/mol. The molecule has 3 aromatic carbocycles. The van der Waals surface area contributed by atoms with E-state index in [4.69, 9.17) is 14.7 Å². The highest BCUT2D eigenvalue weighted by molar-refractivity contribution is 7.98. The lowest BCUT2D eigenvalue weighted by Gasteiger charge is -2.42. The second-order valence-corrected chi connectivity index (χ2v) is 15.4. The second kappa shape index (κ2) is 11.9. The maximum Gasteiger partial charge on any atom is 0.263 e. The van der Waals surface area contributed by atoms with Gasteiger partial charge in [-0.1, -0.05) is 92.4 Å². The SMILES string of the molecule is COc1ccc(-n2c(SCc3nc4c(c(=O)[nH]3)C3(CCCC3)Cc3ccccc3-4)nc3c(c2=O)C2(CCCCC2)Cc2ccccc2-3)cc1. The van der Waals surface area contributed by atoms with E-state index >= 15 is 4.79 Å². The first-order valence-corrected chi connectivity index (χ1v) is 18.7. The number of benzene rings is 3. The number of nitrogens with one attached hydrogen (secondary N) is 1. The average molecular weight is 669 g/mol. The van der Waals surface area contributed by atoms with Crippen molar-refractivity contribution in [1.29, 1.82) is 0 Å². The summed E-state index contributed by atoms with van der Waals surface area (Å²) in [6, 6.07) is 24.5. The van der Waals surface area contributed by atoms with Crippen LogP contribution in [-0.2, 0) is 29.4 Å². The van der Waals surface area contributed by atoms with Gasteiger partial charge in [-0.3, -0.25) is 14.2 Å². The minimum atomic E-state index is -0.224. The first-order valence-electron chi connectivity index (χ1n) is 17.7. The third kappa shape index (κ3) is 4.93. The van der Waals surface area contributed by atoms with E-state index in [0.29, 0.717) is 16.7 Å². The zero-order chi connectivity index (χ0) is 33.2. The number of aromatic amines is 1. The quantitative estimate of drug-likeness (QED) is 0.151. The molecule has 4 aliphatic rings. The number of thioether (sulfide) groups is 1. The van der Waals surface area contributed by atoms with Crippen molar-refractivity contribution in [2.75, 3.05) is 7.11 Å². The molecule has 0 radical (unpaired) electrons. The van der Waals surface area contributed by atoms with E-state index in [1.807, 2.05) is 36.4 Å². The van der Waals surface area contributed by atoms with Crippen LogP contribution in [0.5, 0.6) is 5.75 Å². The molecule has 2 heterocycles. The highest BCUT2D eigenvalue weighted by atomic mass is 32.2. The van der Waals surface area contributed by atoms with E-state index in [-0.39, 0.29) is 21.9 Å². The lowest BCUT2D eigenvalue weighted by atomic mass is 9.62. The van der Waals surface area contributed by atoms with Crippen molar-refractivity contribution in [3.63, 3.8) is 0 Å². The molecule has 9 rings (SSSR count). The molecule has 248 valence electrons. The Balaban J connectivity index is 1.19. The maximum absolute atomic E-state index is 15.0. The van der Waals surface area contributed by atoms with Crippen LogP contribution >= 0.6 is 11.8 Å². The highest BCUT2D eigenvalue weighted by Crippen LogP contribution is 2.51. The van der Waals surface area contributed by atoms with Gasteiger partial charge in [0.05, 0.1) is 41.1 Å². The monoisotopic (exact) mass is 668 g/mol. The number of methoxy groups -OCH3 is 1. The number of aromatic nitrogens is 4. The molecule has 2 fully saturated rings. The highest BCUT2D eigenvalue weighted by Gasteiger charge is 2.45. The molecule has 7 nitrogen and oxygen atoms in total. The van der Waals surface area contributed by atoms with E-state index in [0.717, 1.165) is 109 Å². The van der Waals surface area contributed by atoms with E-state index in [9.17, 15) is 4.79 Å². The molecule has 2 spiro atoms. The first kappa shape index (κ1) is 30.6. The Morgan fingerprint density at radius 2 is 1.31 bits per heavy atom. The molecule has 0 atom stereocenters. The third-order valence-corrected chi connectivity index (χ3v) is 12.7. The molecule has 0 aliphatic heterocycles. The van der Waals surface area contributed by atoms with Crippen LogP contribution in [0.1, 0.15) is 85.9 Å². The molecule has 5 aromatic rings. The van der Waals surface area contributed by atoms with E-state index in [2.05, 4.69) is 41.4 Å². The van der Waals surface area contributed by atoms with Crippen molar-refractivity contribution in [2.45, 2.75) is 92.4 Å². The van der Waals surface area contributed by atoms with Gasteiger partial charge >= 0.3 is 0 Å². The summed E-state index contributed by atoms with van der Waals surface area (Å²) in [4.78, 5) is 42.7. The molecule has 0 saturated heterocycles. The van der Waals surface area contributed by atoms with Crippen LogP contribution in [0, 0.1) is 0 Å². The Kier molecular flexibility index (Phi) is 7.41. The molecule has 1 N–H and O–H groups in total. The van der Waals surface area contributed by atoms with Crippen molar-refractivity contribution < 1.29 is 4.74 Å². The van der Waals surface area contributed by atoms with Crippen LogP contribution in [0.3, 0.4) is 0 Å². The molecule has 8 heteroatoms. The number of H-pyrrole nitrogens is 1. The van der Waals surface area contributed by atoms with Crippen molar-refractivity contribution >= 4 is 11.8 Å². The normalized spacial score (nSPS) is 18.1. The van der Waals surface area contributed by atoms with Crippen LogP contribution in [0.4, 0.5) is 0 Å². The van der Waals surface area contributed by atoms with Crippen molar-refractivity contribution in [1.82, 2.24) is 19.5 Å². The summed E-state index contributed by atoms with van der Waals surface area (Å²) < 4.78 is 7.24. The fourth-order valence-electron chi connectivity index (χ4n) is 9.49. The smallest absolute Gasteiger partial charge is 0.263 e. The van der Waals surface area contributed by atoms with E-state index in [1.165, 1.54) is 29.3 Å². The van der Waals surface area contributed by atoms with Crippen molar-refractivity contribution in [2.24, 2.45) is 0 Å².